The Morgan fingerprint density at radius 1 is 1.10 bits per heavy atom. The van der Waals surface area contributed by atoms with Crippen molar-refractivity contribution in [3.05, 3.63) is 89.4 Å². The molecule has 2 aromatic carbocycles. The molecular formula is C22H24N2O5S. The topological polar surface area (TPSA) is 99.8 Å². The van der Waals surface area contributed by atoms with Crippen LogP contribution in [-0.2, 0) is 23.1 Å². The Labute approximate surface area is 176 Å². The number of furan rings is 1. The van der Waals surface area contributed by atoms with Crippen molar-refractivity contribution in [3.8, 4) is 0 Å². The third kappa shape index (κ3) is 5.35. The summed E-state index contributed by atoms with van der Waals surface area (Å²) in [5.74, 6) is 0.146. The molecule has 3 rings (SSSR count). The summed E-state index contributed by atoms with van der Waals surface area (Å²) >= 11 is 0. The standard InChI is InChI=1S/C22H24N2O5S/c1-17-9-10-20(30(27,28)23-15-19-8-5-13-29-19)14-21(17)22(26)24(11-12-25)16-18-6-3-2-4-7-18/h2-10,13-14,23,25H,11-12,15-16H2,1H3. The Balaban J connectivity index is 1.84. The fourth-order valence-electron chi connectivity index (χ4n) is 3.01. The van der Waals surface area contributed by atoms with E-state index in [-0.39, 0.29) is 36.1 Å². The fraction of sp³-hybridized carbons (Fsp3) is 0.227. The molecule has 1 heterocycles. The van der Waals surface area contributed by atoms with Crippen molar-refractivity contribution in [1.82, 2.24) is 9.62 Å². The number of nitrogens with zero attached hydrogens (tertiary/aromatic N) is 1. The van der Waals surface area contributed by atoms with E-state index in [0.29, 0.717) is 17.9 Å². The Kier molecular flexibility index (Phi) is 7.04. The predicted molar refractivity (Wildman–Crippen MR) is 112 cm³/mol. The number of hydrogen-bond acceptors (Lipinski definition) is 5. The van der Waals surface area contributed by atoms with Gasteiger partial charge in [0.15, 0.2) is 0 Å². The lowest BCUT2D eigenvalue weighted by molar-refractivity contribution is 0.0707. The highest BCUT2D eigenvalue weighted by Crippen LogP contribution is 2.19. The lowest BCUT2D eigenvalue weighted by atomic mass is 10.1. The maximum Gasteiger partial charge on any atom is 0.254 e. The Morgan fingerprint density at radius 3 is 2.53 bits per heavy atom. The highest BCUT2D eigenvalue weighted by molar-refractivity contribution is 7.89. The fourth-order valence-corrected chi connectivity index (χ4v) is 4.03. The molecule has 0 aliphatic rings. The Bertz CT molecular complexity index is 1080. The van der Waals surface area contributed by atoms with Crippen LogP contribution in [0.25, 0.3) is 0 Å². The SMILES string of the molecule is Cc1ccc(S(=O)(=O)NCc2ccco2)cc1C(=O)N(CCO)Cc1ccccc1. The summed E-state index contributed by atoms with van der Waals surface area (Å²) in [7, 11) is -3.84. The highest BCUT2D eigenvalue weighted by Gasteiger charge is 2.22. The number of hydrogen-bond donors (Lipinski definition) is 2. The smallest absolute Gasteiger partial charge is 0.254 e. The largest absolute Gasteiger partial charge is 0.468 e. The quantitative estimate of drug-likeness (QED) is 0.546. The molecule has 0 saturated heterocycles. The van der Waals surface area contributed by atoms with Crippen LogP contribution in [0, 0.1) is 6.92 Å². The van der Waals surface area contributed by atoms with Crippen LogP contribution < -0.4 is 4.72 Å². The molecule has 0 spiro atoms. The number of carbonyl (C=O) groups excluding carboxylic acids is 1. The van der Waals surface area contributed by atoms with Gasteiger partial charge in [-0.3, -0.25) is 4.79 Å². The van der Waals surface area contributed by atoms with Crippen LogP contribution in [0.1, 0.15) is 27.2 Å². The van der Waals surface area contributed by atoms with Gasteiger partial charge in [-0.05, 0) is 42.3 Å². The molecule has 0 aliphatic heterocycles. The zero-order valence-corrected chi connectivity index (χ0v) is 17.4. The molecule has 0 atom stereocenters. The second-order valence-corrected chi connectivity index (χ2v) is 8.58. The zero-order chi connectivity index (χ0) is 21.6. The molecule has 1 amide bonds. The summed E-state index contributed by atoms with van der Waals surface area (Å²) in [6, 6.07) is 17.2. The van der Waals surface area contributed by atoms with E-state index in [1.54, 1.807) is 25.1 Å². The second-order valence-electron chi connectivity index (χ2n) is 6.82. The molecule has 0 fully saturated rings. The summed E-state index contributed by atoms with van der Waals surface area (Å²) in [6.07, 6.45) is 1.47. The molecule has 30 heavy (non-hydrogen) atoms. The number of benzene rings is 2. The van der Waals surface area contributed by atoms with E-state index in [2.05, 4.69) is 4.72 Å². The maximum atomic E-state index is 13.2. The van der Waals surface area contributed by atoms with Gasteiger partial charge in [0.2, 0.25) is 10.0 Å². The van der Waals surface area contributed by atoms with Crippen LogP contribution in [0.2, 0.25) is 0 Å². The normalized spacial score (nSPS) is 11.4. The van der Waals surface area contributed by atoms with E-state index in [0.717, 1.165) is 5.56 Å². The molecule has 0 aliphatic carbocycles. The van der Waals surface area contributed by atoms with Crippen molar-refractivity contribution in [2.75, 3.05) is 13.2 Å². The van der Waals surface area contributed by atoms with Gasteiger partial charge in [0, 0.05) is 18.7 Å². The minimum absolute atomic E-state index is 0.00772. The van der Waals surface area contributed by atoms with Gasteiger partial charge in [-0.15, -0.1) is 0 Å². The van der Waals surface area contributed by atoms with Crippen LogP contribution in [0.5, 0.6) is 0 Å². The van der Waals surface area contributed by atoms with Gasteiger partial charge in [0.25, 0.3) is 5.91 Å². The summed E-state index contributed by atoms with van der Waals surface area (Å²) in [5, 5.41) is 9.42. The van der Waals surface area contributed by atoms with Crippen LogP contribution in [0.15, 0.2) is 76.2 Å². The number of aliphatic hydroxyl groups is 1. The molecular weight excluding hydrogens is 404 g/mol. The van der Waals surface area contributed by atoms with Crippen molar-refractivity contribution in [3.63, 3.8) is 0 Å². The van der Waals surface area contributed by atoms with Crippen molar-refractivity contribution in [1.29, 1.82) is 0 Å². The first-order chi connectivity index (χ1) is 14.4. The van der Waals surface area contributed by atoms with Gasteiger partial charge >= 0.3 is 0 Å². The highest BCUT2D eigenvalue weighted by atomic mass is 32.2. The van der Waals surface area contributed by atoms with E-state index in [1.807, 2.05) is 30.3 Å². The number of aliphatic hydroxyl groups excluding tert-OH is 1. The van der Waals surface area contributed by atoms with E-state index < -0.39 is 10.0 Å². The lowest BCUT2D eigenvalue weighted by Crippen LogP contribution is -2.33. The molecule has 158 valence electrons. The molecule has 1 aromatic heterocycles. The number of nitrogens with one attached hydrogen (secondary N) is 1. The number of rotatable bonds is 9. The molecule has 0 bridgehead atoms. The van der Waals surface area contributed by atoms with Crippen molar-refractivity contribution >= 4 is 15.9 Å². The van der Waals surface area contributed by atoms with Gasteiger partial charge < -0.3 is 14.4 Å². The van der Waals surface area contributed by atoms with Crippen LogP contribution in [0.4, 0.5) is 0 Å². The van der Waals surface area contributed by atoms with Crippen LogP contribution in [0.3, 0.4) is 0 Å². The first kappa shape index (κ1) is 21.8. The van der Waals surface area contributed by atoms with Crippen molar-refractivity contribution in [2.45, 2.75) is 24.9 Å². The summed E-state index contributed by atoms with van der Waals surface area (Å²) in [4.78, 5) is 14.7. The Morgan fingerprint density at radius 2 is 1.87 bits per heavy atom. The Hall–Kier alpha value is -2.94. The van der Waals surface area contributed by atoms with E-state index in [9.17, 15) is 18.3 Å². The van der Waals surface area contributed by atoms with Gasteiger partial charge in [-0.25, -0.2) is 13.1 Å². The number of amides is 1. The van der Waals surface area contributed by atoms with Gasteiger partial charge in [-0.2, -0.15) is 0 Å². The van der Waals surface area contributed by atoms with Crippen LogP contribution in [-0.4, -0.2) is 37.5 Å². The van der Waals surface area contributed by atoms with Gasteiger partial charge in [0.1, 0.15) is 5.76 Å². The summed E-state index contributed by atoms with van der Waals surface area (Å²) < 4.78 is 33.0. The number of sulfonamides is 1. The monoisotopic (exact) mass is 428 g/mol. The average molecular weight is 429 g/mol. The summed E-state index contributed by atoms with van der Waals surface area (Å²) in [5.41, 5.74) is 1.85. The van der Waals surface area contributed by atoms with Crippen molar-refractivity contribution < 1.29 is 22.7 Å². The summed E-state index contributed by atoms with van der Waals surface area (Å²) in [6.45, 7) is 2.02. The van der Waals surface area contributed by atoms with E-state index in [4.69, 9.17) is 4.42 Å². The molecule has 0 saturated carbocycles. The van der Waals surface area contributed by atoms with E-state index in [1.165, 1.54) is 23.3 Å². The second kappa shape index (κ2) is 9.71. The molecule has 0 radical (unpaired) electrons. The number of carbonyl (C=O) groups is 1. The molecule has 7 nitrogen and oxygen atoms in total. The predicted octanol–water partition coefficient (Wildman–Crippen LogP) is 2.70. The van der Waals surface area contributed by atoms with Gasteiger partial charge in [-0.1, -0.05) is 36.4 Å². The minimum Gasteiger partial charge on any atom is -0.468 e. The minimum atomic E-state index is -3.84. The zero-order valence-electron chi connectivity index (χ0n) is 16.6. The molecule has 2 N–H and O–H groups in total. The maximum absolute atomic E-state index is 13.2. The molecule has 8 heteroatoms. The van der Waals surface area contributed by atoms with E-state index >= 15 is 0 Å². The third-order valence-corrected chi connectivity index (χ3v) is 6.04. The molecule has 3 aromatic rings. The van der Waals surface area contributed by atoms with Crippen LogP contribution >= 0.6 is 0 Å². The first-order valence-electron chi connectivity index (χ1n) is 9.47. The lowest BCUT2D eigenvalue weighted by Gasteiger charge is -2.23. The molecule has 0 unspecified atom stereocenters. The number of aryl methyl sites for hydroxylation is 1. The van der Waals surface area contributed by atoms with Gasteiger partial charge in [0.05, 0.1) is 24.3 Å². The average Bonchev–Trinajstić information content (AvgIpc) is 3.26. The third-order valence-electron chi connectivity index (χ3n) is 4.64. The van der Waals surface area contributed by atoms with Crippen molar-refractivity contribution in [2.24, 2.45) is 0 Å². The first-order valence-corrected chi connectivity index (χ1v) is 11.0.